The topological polar surface area (TPSA) is 64.6 Å². The SMILES string of the molecule is CCCCCCOC(C=CCCCCCCCCCC(OCCCC)OCCCC)OC(C=CCCCCCCCCCC(OCCCC)OCCCC)OCCCCCC. The van der Waals surface area contributed by atoms with E-state index >= 15 is 0 Å². The second kappa shape index (κ2) is 51.8. The fourth-order valence-corrected chi connectivity index (χ4v) is 7.06. The van der Waals surface area contributed by atoms with Crippen molar-refractivity contribution in [3.05, 3.63) is 24.3 Å². The van der Waals surface area contributed by atoms with Gasteiger partial charge in [0.15, 0.2) is 25.2 Å². The largest absolute Gasteiger partial charge is 0.353 e. The minimum absolute atomic E-state index is 0.0150. The lowest BCUT2D eigenvalue weighted by atomic mass is 10.1. The summed E-state index contributed by atoms with van der Waals surface area (Å²) in [6.45, 7) is 18.1. The summed E-state index contributed by atoms with van der Waals surface area (Å²) in [6, 6.07) is 0. The molecule has 0 saturated heterocycles. The Labute approximate surface area is 380 Å². The Morgan fingerprint density at radius 1 is 0.279 bits per heavy atom. The van der Waals surface area contributed by atoms with Gasteiger partial charge in [0.1, 0.15) is 0 Å². The Kier molecular flexibility index (Phi) is 51.2. The Hall–Kier alpha value is -0.800. The molecule has 0 amide bonds. The van der Waals surface area contributed by atoms with Crippen molar-refractivity contribution in [2.24, 2.45) is 0 Å². The van der Waals surface area contributed by atoms with Gasteiger partial charge in [-0.05, 0) is 102 Å². The van der Waals surface area contributed by atoms with Gasteiger partial charge < -0.3 is 33.2 Å². The zero-order valence-corrected chi connectivity index (χ0v) is 41.8. The molecule has 0 aromatic carbocycles. The normalized spacial score (nSPS) is 13.2. The van der Waals surface area contributed by atoms with E-state index in [1.54, 1.807) is 0 Å². The lowest BCUT2D eigenvalue weighted by Gasteiger charge is -2.22. The zero-order valence-electron chi connectivity index (χ0n) is 41.8. The molecule has 0 fully saturated rings. The number of rotatable bonds is 52. The van der Waals surface area contributed by atoms with Gasteiger partial charge >= 0.3 is 0 Å². The number of hydrogen-bond acceptors (Lipinski definition) is 7. The summed E-state index contributed by atoms with van der Waals surface area (Å²) in [4.78, 5) is 0. The summed E-state index contributed by atoms with van der Waals surface area (Å²) in [5, 5.41) is 0. The first kappa shape index (κ1) is 60.2. The fraction of sp³-hybridized carbons (Fsp3) is 0.926. The summed E-state index contributed by atoms with van der Waals surface area (Å²) in [5.41, 5.74) is 0. The van der Waals surface area contributed by atoms with E-state index in [0.717, 1.165) is 104 Å². The summed E-state index contributed by atoms with van der Waals surface area (Å²) in [7, 11) is 0. The summed E-state index contributed by atoms with van der Waals surface area (Å²) < 4.78 is 43.2. The van der Waals surface area contributed by atoms with Crippen LogP contribution in [0.1, 0.15) is 260 Å². The van der Waals surface area contributed by atoms with Gasteiger partial charge in [-0.2, -0.15) is 0 Å². The molecule has 7 nitrogen and oxygen atoms in total. The molecule has 7 heteroatoms. The molecule has 0 aliphatic rings. The third-order valence-electron chi connectivity index (χ3n) is 11.2. The predicted octanol–water partition coefficient (Wildman–Crippen LogP) is 16.9. The smallest absolute Gasteiger partial charge is 0.180 e. The van der Waals surface area contributed by atoms with E-state index in [4.69, 9.17) is 33.2 Å². The van der Waals surface area contributed by atoms with E-state index in [0.29, 0.717) is 0 Å². The Morgan fingerprint density at radius 2 is 0.557 bits per heavy atom. The number of hydrogen-bond donors (Lipinski definition) is 0. The van der Waals surface area contributed by atoms with Crippen LogP contribution in [0.4, 0.5) is 0 Å². The van der Waals surface area contributed by atoms with Crippen molar-refractivity contribution in [3.63, 3.8) is 0 Å². The third kappa shape index (κ3) is 45.6. The number of unbranched alkanes of at least 4 members (excludes halogenated alkanes) is 24. The van der Waals surface area contributed by atoms with Crippen LogP contribution in [0.15, 0.2) is 24.3 Å². The minimum atomic E-state index is -0.381. The van der Waals surface area contributed by atoms with Gasteiger partial charge in [0.25, 0.3) is 0 Å². The van der Waals surface area contributed by atoms with Crippen molar-refractivity contribution < 1.29 is 33.2 Å². The molecular formula is C54H106O7. The summed E-state index contributed by atoms with van der Waals surface area (Å²) in [6.07, 6.45) is 48.5. The van der Waals surface area contributed by atoms with Gasteiger partial charge in [-0.3, -0.25) is 0 Å². The van der Waals surface area contributed by atoms with Crippen molar-refractivity contribution in [1.82, 2.24) is 0 Å². The van der Waals surface area contributed by atoms with Crippen LogP contribution in [0.5, 0.6) is 0 Å². The lowest BCUT2D eigenvalue weighted by Crippen LogP contribution is -2.25. The zero-order chi connectivity index (χ0) is 44.4. The Balaban J connectivity index is 4.72. The van der Waals surface area contributed by atoms with Gasteiger partial charge in [-0.15, -0.1) is 0 Å². The molecule has 0 rings (SSSR count). The third-order valence-corrected chi connectivity index (χ3v) is 11.2. The standard InChI is InChI=1S/C54H106O7/c1-7-13-19-39-49-59-53(43-37-33-29-25-21-23-27-31-35-41-51(55-45-15-9-3)56-46-16-10-4)61-54(60-50-40-20-14-8-2)44-38-34-30-26-22-24-28-32-36-42-52(57-47-17-11-5)58-48-18-12-6/h37-38,43-44,51-54H,7-36,39-42,45-50H2,1-6H3. The van der Waals surface area contributed by atoms with Gasteiger partial charge in [0.2, 0.25) is 0 Å². The van der Waals surface area contributed by atoms with E-state index in [1.807, 2.05) is 0 Å². The van der Waals surface area contributed by atoms with Gasteiger partial charge in [-0.25, -0.2) is 0 Å². The first-order valence-corrected chi connectivity index (χ1v) is 26.8. The number of ether oxygens (including phenoxy) is 7. The highest BCUT2D eigenvalue weighted by Gasteiger charge is 2.14. The molecule has 2 atom stereocenters. The van der Waals surface area contributed by atoms with Gasteiger partial charge in [0, 0.05) is 26.4 Å². The second-order valence-corrected chi connectivity index (χ2v) is 17.5. The van der Waals surface area contributed by atoms with Crippen LogP contribution in [0.25, 0.3) is 0 Å². The number of allylic oxidation sites excluding steroid dienone is 2. The van der Waals surface area contributed by atoms with Crippen LogP contribution in [0.2, 0.25) is 0 Å². The summed E-state index contributed by atoms with van der Waals surface area (Å²) >= 11 is 0. The highest BCUT2D eigenvalue weighted by molar-refractivity contribution is 4.90. The Bertz CT molecular complexity index is 778. The molecule has 2 unspecified atom stereocenters. The molecular weight excluding hydrogens is 761 g/mol. The molecule has 0 heterocycles. The highest BCUT2D eigenvalue weighted by atomic mass is 16.8. The van der Waals surface area contributed by atoms with Crippen molar-refractivity contribution in [2.75, 3.05) is 39.6 Å². The molecule has 0 aliphatic heterocycles. The quantitative estimate of drug-likeness (QED) is 0.0343. The fourth-order valence-electron chi connectivity index (χ4n) is 7.06. The minimum Gasteiger partial charge on any atom is -0.353 e. The van der Waals surface area contributed by atoms with Crippen LogP contribution < -0.4 is 0 Å². The van der Waals surface area contributed by atoms with Crippen LogP contribution in [-0.4, -0.2) is 64.8 Å². The van der Waals surface area contributed by atoms with Crippen LogP contribution in [0, 0.1) is 0 Å². The van der Waals surface area contributed by atoms with E-state index in [-0.39, 0.29) is 25.2 Å². The molecule has 0 saturated carbocycles. The molecule has 364 valence electrons. The van der Waals surface area contributed by atoms with E-state index in [9.17, 15) is 0 Å². The monoisotopic (exact) mass is 867 g/mol. The highest BCUT2D eigenvalue weighted by Crippen LogP contribution is 2.17. The average molecular weight is 867 g/mol. The van der Waals surface area contributed by atoms with Crippen molar-refractivity contribution in [2.45, 2.75) is 285 Å². The molecule has 0 aromatic rings. The average Bonchev–Trinajstić information content (AvgIpc) is 3.26. The maximum absolute atomic E-state index is 6.52. The maximum atomic E-state index is 6.52. The molecule has 0 bridgehead atoms. The Morgan fingerprint density at radius 3 is 0.885 bits per heavy atom. The van der Waals surface area contributed by atoms with Crippen LogP contribution in [-0.2, 0) is 33.2 Å². The molecule has 0 radical (unpaired) electrons. The molecule has 61 heavy (non-hydrogen) atoms. The molecule has 0 N–H and O–H groups in total. The first-order chi connectivity index (χ1) is 30.1. The van der Waals surface area contributed by atoms with Crippen LogP contribution >= 0.6 is 0 Å². The van der Waals surface area contributed by atoms with Crippen molar-refractivity contribution in [3.8, 4) is 0 Å². The second-order valence-electron chi connectivity index (χ2n) is 17.5. The van der Waals surface area contributed by atoms with Crippen LogP contribution in [0.3, 0.4) is 0 Å². The maximum Gasteiger partial charge on any atom is 0.180 e. The lowest BCUT2D eigenvalue weighted by molar-refractivity contribution is -0.208. The molecule has 0 spiro atoms. The first-order valence-electron chi connectivity index (χ1n) is 26.8. The van der Waals surface area contributed by atoms with Gasteiger partial charge in [0.05, 0.1) is 13.2 Å². The summed E-state index contributed by atoms with van der Waals surface area (Å²) in [5.74, 6) is 0. The van der Waals surface area contributed by atoms with Crippen molar-refractivity contribution >= 4 is 0 Å². The van der Waals surface area contributed by atoms with Gasteiger partial charge in [-0.1, -0.05) is 182 Å². The van der Waals surface area contributed by atoms with Crippen molar-refractivity contribution in [1.29, 1.82) is 0 Å². The molecule has 0 aliphatic carbocycles. The van der Waals surface area contributed by atoms with E-state index in [1.165, 1.54) is 154 Å². The van der Waals surface area contributed by atoms with E-state index < -0.39 is 0 Å². The van der Waals surface area contributed by atoms with E-state index in [2.05, 4.69) is 65.8 Å². The predicted molar refractivity (Wildman–Crippen MR) is 261 cm³/mol. The molecule has 0 aromatic heterocycles.